The average molecular weight is 196 g/mol. The van der Waals surface area contributed by atoms with Crippen LogP contribution in [-0.4, -0.2) is 10.9 Å². The van der Waals surface area contributed by atoms with E-state index in [4.69, 9.17) is 5.11 Å². The van der Waals surface area contributed by atoms with Gasteiger partial charge >= 0.3 is 0 Å². The molecule has 0 spiro atoms. The summed E-state index contributed by atoms with van der Waals surface area (Å²) < 4.78 is 0. The predicted molar refractivity (Wildman–Crippen MR) is 58.0 cm³/mol. The average Bonchev–Trinajstić information content (AvgIpc) is 2.19. The van der Waals surface area contributed by atoms with E-state index in [-0.39, 0.29) is 6.61 Å². The molecule has 0 unspecified atom stereocenters. The van der Waals surface area contributed by atoms with Crippen molar-refractivity contribution in [2.45, 2.75) is 31.3 Å². The summed E-state index contributed by atoms with van der Waals surface area (Å²) >= 11 is 1.86. The highest BCUT2D eigenvalue weighted by molar-refractivity contribution is 7.99. The number of hydrogen-bond acceptors (Lipinski definition) is 2. The highest BCUT2D eigenvalue weighted by Crippen LogP contribution is 2.20. The van der Waals surface area contributed by atoms with Gasteiger partial charge < -0.3 is 5.11 Å². The van der Waals surface area contributed by atoms with Gasteiger partial charge in [0.05, 0.1) is 6.61 Å². The monoisotopic (exact) mass is 196 g/mol. The summed E-state index contributed by atoms with van der Waals surface area (Å²) in [4.78, 5) is 1.26. The summed E-state index contributed by atoms with van der Waals surface area (Å²) in [5.74, 6) is 1.17. The van der Waals surface area contributed by atoms with Gasteiger partial charge in [-0.25, -0.2) is 0 Å². The Morgan fingerprint density at radius 2 is 2.23 bits per heavy atom. The Kier molecular flexibility index (Phi) is 4.94. The van der Waals surface area contributed by atoms with Crippen molar-refractivity contribution in [2.75, 3.05) is 5.75 Å². The molecule has 1 N–H and O–H groups in total. The predicted octanol–water partition coefficient (Wildman–Crippen LogP) is 3.07. The summed E-state index contributed by atoms with van der Waals surface area (Å²) in [7, 11) is 0. The highest BCUT2D eigenvalue weighted by Gasteiger charge is 1.95. The molecule has 0 aliphatic heterocycles. The fraction of sp³-hybridized carbons (Fsp3) is 0.455. The molecule has 1 rings (SSSR count). The van der Waals surface area contributed by atoms with E-state index < -0.39 is 0 Å². The number of hydrogen-bond donors (Lipinski definition) is 1. The van der Waals surface area contributed by atoms with Crippen LogP contribution in [0.5, 0.6) is 0 Å². The number of thioether (sulfide) groups is 1. The van der Waals surface area contributed by atoms with Crippen LogP contribution in [0.25, 0.3) is 0 Å². The van der Waals surface area contributed by atoms with Crippen LogP contribution in [0.3, 0.4) is 0 Å². The van der Waals surface area contributed by atoms with Gasteiger partial charge in [0, 0.05) is 4.90 Å². The highest BCUT2D eigenvalue weighted by atomic mass is 32.2. The SMILES string of the molecule is CCCCSc1cccc(CO)c1. The van der Waals surface area contributed by atoms with Crippen molar-refractivity contribution in [3.05, 3.63) is 29.8 Å². The van der Waals surface area contributed by atoms with Crippen LogP contribution in [0, 0.1) is 0 Å². The fourth-order valence-corrected chi connectivity index (χ4v) is 2.15. The molecule has 2 heteroatoms. The minimum atomic E-state index is 0.141. The Morgan fingerprint density at radius 1 is 1.38 bits per heavy atom. The van der Waals surface area contributed by atoms with Gasteiger partial charge in [0.1, 0.15) is 0 Å². The summed E-state index contributed by atoms with van der Waals surface area (Å²) in [5.41, 5.74) is 1.00. The summed E-state index contributed by atoms with van der Waals surface area (Å²) in [5, 5.41) is 8.92. The van der Waals surface area contributed by atoms with Crippen molar-refractivity contribution in [2.24, 2.45) is 0 Å². The van der Waals surface area contributed by atoms with E-state index in [0.29, 0.717) is 0 Å². The van der Waals surface area contributed by atoms with E-state index in [1.54, 1.807) is 0 Å². The van der Waals surface area contributed by atoms with Crippen LogP contribution >= 0.6 is 11.8 Å². The lowest BCUT2D eigenvalue weighted by atomic mass is 10.2. The Morgan fingerprint density at radius 3 is 2.92 bits per heavy atom. The molecule has 1 nitrogen and oxygen atoms in total. The first-order valence-electron chi connectivity index (χ1n) is 4.69. The Bertz CT molecular complexity index is 248. The number of unbranched alkanes of at least 4 members (excludes halogenated alkanes) is 1. The second-order valence-corrected chi connectivity index (χ2v) is 4.18. The van der Waals surface area contributed by atoms with Gasteiger partial charge in [-0.05, 0) is 29.9 Å². The Hall–Kier alpha value is -0.470. The second-order valence-electron chi connectivity index (χ2n) is 3.01. The van der Waals surface area contributed by atoms with Gasteiger partial charge in [-0.1, -0.05) is 25.5 Å². The van der Waals surface area contributed by atoms with Crippen LogP contribution in [0.15, 0.2) is 29.2 Å². The molecule has 0 aromatic heterocycles. The molecule has 0 aliphatic rings. The normalized spacial score (nSPS) is 10.3. The lowest BCUT2D eigenvalue weighted by Crippen LogP contribution is -1.83. The first-order chi connectivity index (χ1) is 6.36. The van der Waals surface area contributed by atoms with Crippen LogP contribution in [0.2, 0.25) is 0 Å². The van der Waals surface area contributed by atoms with Gasteiger partial charge in [0.2, 0.25) is 0 Å². The maximum Gasteiger partial charge on any atom is 0.0682 e. The number of rotatable bonds is 5. The second kappa shape index (κ2) is 6.06. The molecule has 1 aromatic carbocycles. The van der Waals surface area contributed by atoms with Crippen molar-refractivity contribution >= 4 is 11.8 Å². The topological polar surface area (TPSA) is 20.2 Å². The summed E-state index contributed by atoms with van der Waals surface area (Å²) in [6.45, 7) is 2.34. The lowest BCUT2D eigenvalue weighted by molar-refractivity contribution is 0.281. The maximum atomic E-state index is 8.92. The van der Waals surface area contributed by atoms with Crippen LogP contribution in [-0.2, 0) is 6.61 Å². The molecule has 0 amide bonds. The first-order valence-corrected chi connectivity index (χ1v) is 5.68. The molecule has 0 radical (unpaired) electrons. The van der Waals surface area contributed by atoms with Crippen molar-refractivity contribution in [3.63, 3.8) is 0 Å². The van der Waals surface area contributed by atoms with Crippen LogP contribution in [0.4, 0.5) is 0 Å². The fourth-order valence-electron chi connectivity index (χ4n) is 1.07. The quantitative estimate of drug-likeness (QED) is 0.577. The number of benzene rings is 1. The molecule has 0 aliphatic carbocycles. The molecule has 0 fully saturated rings. The molecule has 0 heterocycles. The van der Waals surface area contributed by atoms with E-state index in [1.807, 2.05) is 23.9 Å². The molecule has 72 valence electrons. The lowest BCUT2D eigenvalue weighted by Gasteiger charge is -2.02. The molecule has 0 atom stereocenters. The molecule has 1 aromatic rings. The Labute approximate surface area is 84.2 Å². The van der Waals surface area contributed by atoms with Crippen LogP contribution < -0.4 is 0 Å². The van der Waals surface area contributed by atoms with Crippen molar-refractivity contribution < 1.29 is 5.11 Å². The molecule has 0 saturated carbocycles. The summed E-state index contributed by atoms with van der Waals surface area (Å²) in [6.07, 6.45) is 2.50. The van der Waals surface area contributed by atoms with Gasteiger partial charge in [-0.2, -0.15) is 0 Å². The zero-order chi connectivity index (χ0) is 9.52. The third-order valence-electron chi connectivity index (χ3n) is 1.85. The smallest absolute Gasteiger partial charge is 0.0682 e. The third kappa shape index (κ3) is 3.83. The van der Waals surface area contributed by atoms with E-state index >= 15 is 0 Å². The van der Waals surface area contributed by atoms with Crippen molar-refractivity contribution in [1.82, 2.24) is 0 Å². The van der Waals surface area contributed by atoms with Crippen LogP contribution in [0.1, 0.15) is 25.3 Å². The molecular weight excluding hydrogens is 180 g/mol. The standard InChI is InChI=1S/C11H16OS/c1-2-3-7-13-11-6-4-5-10(8-11)9-12/h4-6,8,12H,2-3,7,9H2,1H3. The molecular formula is C11H16OS. The van der Waals surface area contributed by atoms with Crippen molar-refractivity contribution in [3.8, 4) is 0 Å². The van der Waals surface area contributed by atoms with E-state index in [9.17, 15) is 0 Å². The van der Waals surface area contributed by atoms with Gasteiger partial charge in [-0.3, -0.25) is 0 Å². The third-order valence-corrected chi connectivity index (χ3v) is 2.93. The van der Waals surface area contributed by atoms with E-state index in [1.165, 1.54) is 23.5 Å². The molecule has 13 heavy (non-hydrogen) atoms. The molecule has 0 bridgehead atoms. The largest absolute Gasteiger partial charge is 0.392 e. The first kappa shape index (κ1) is 10.6. The summed E-state index contributed by atoms with van der Waals surface area (Å²) in [6, 6.07) is 8.10. The zero-order valence-electron chi connectivity index (χ0n) is 7.99. The Balaban J connectivity index is 2.46. The minimum absolute atomic E-state index is 0.141. The van der Waals surface area contributed by atoms with Gasteiger partial charge in [-0.15, -0.1) is 11.8 Å². The zero-order valence-corrected chi connectivity index (χ0v) is 8.81. The number of aliphatic hydroxyl groups excluding tert-OH is 1. The van der Waals surface area contributed by atoms with E-state index in [2.05, 4.69) is 19.1 Å². The van der Waals surface area contributed by atoms with Gasteiger partial charge in [0.15, 0.2) is 0 Å². The van der Waals surface area contributed by atoms with Crippen molar-refractivity contribution in [1.29, 1.82) is 0 Å². The van der Waals surface area contributed by atoms with Gasteiger partial charge in [0.25, 0.3) is 0 Å². The maximum absolute atomic E-state index is 8.92. The van der Waals surface area contributed by atoms with E-state index in [0.717, 1.165) is 5.56 Å². The molecule has 0 saturated heterocycles. The minimum Gasteiger partial charge on any atom is -0.392 e. The number of aliphatic hydroxyl groups is 1.